The third-order valence-electron chi connectivity index (χ3n) is 3.22. The van der Waals surface area contributed by atoms with Gasteiger partial charge in [0.15, 0.2) is 0 Å². The van der Waals surface area contributed by atoms with E-state index in [-0.39, 0.29) is 10.7 Å². The summed E-state index contributed by atoms with van der Waals surface area (Å²) in [6, 6.07) is 6.49. The fourth-order valence-electron chi connectivity index (χ4n) is 2.05. The Labute approximate surface area is 104 Å². The van der Waals surface area contributed by atoms with Gasteiger partial charge >= 0.3 is 0 Å². The van der Waals surface area contributed by atoms with Crippen molar-refractivity contribution in [3.8, 4) is 0 Å². The maximum Gasteiger partial charge on any atom is 0.234 e. The molecule has 2 heterocycles. The molecule has 1 saturated heterocycles. The molecular formula is C12H13NOS2. The second-order valence-electron chi connectivity index (χ2n) is 4.38. The van der Waals surface area contributed by atoms with E-state index < -0.39 is 0 Å². The van der Waals surface area contributed by atoms with E-state index >= 15 is 0 Å². The third kappa shape index (κ3) is 1.64. The van der Waals surface area contributed by atoms with Crippen LogP contribution < -0.4 is 5.32 Å². The van der Waals surface area contributed by atoms with Crippen LogP contribution in [0.2, 0.25) is 0 Å². The average molecular weight is 251 g/mol. The van der Waals surface area contributed by atoms with Gasteiger partial charge in [0.25, 0.3) is 0 Å². The van der Waals surface area contributed by atoms with Gasteiger partial charge in [-0.3, -0.25) is 4.79 Å². The van der Waals surface area contributed by atoms with Crippen molar-refractivity contribution >= 4 is 35.1 Å². The van der Waals surface area contributed by atoms with Crippen molar-refractivity contribution in [3.05, 3.63) is 23.8 Å². The van der Waals surface area contributed by atoms with Gasteiger partial charge in [-0.2, -0.15) is 11.8 Å². The molecule has 1 atom stereocenters. The molecule has 0 spiro atoms. The first kappa shape index (κ1) is 10.5. The smallest absolute Gasteiger partial charge is 0.234 e. The lowest BCUT2D eigenvalue weighted by molar-refractivity contribution is -0.113. The Morgan fingerprint density at radius 3 is 2.94 bits per heavy atom. The molecule has 1 unspecified atom stereocenters. The summed E-state index contributed by atoms with van der Waals surface area (Å²) in [7, 11) is 0. The van der Waals surface area contributed by atoms with Crippen molar-refractivity contribution in [1.29, 1.82) is 0 Å². The number of fused-ring (bicyclic) bond motifs is 1. The monoisotopic (exact) mass is 251 g/mol. The van der Waals surface area contributed by atoms with Crippen molar-refractivity contribution in [1.82, 2.24) is 0 Å². The minimum atomic E-state index is 0.112. The van der Waals surface area contributed by atoms with Crippen LogP contribution in [0.25, 0.3) is 0 Å². The van der Waals surface area contributed by atoms with Crippen LogP contribution in [-0.2, 0) is 9.54 Å². The molecule has 1 fully saturated rings. The van der Waals surface area contributed by atoms with E-state index in [1.54, 1.807) is 11.8 Å². The van der Waals surface area contributed by atoms with Gasteiger partial charge in [0, 0.05) is 9.64 Å². The molecule has 1 aromatic carbocycles. The van der Waals surface area contributed by atoms with Gasteiger partial charge in [-0.1, -0.05) is 6.07 Å². The SMILES string of the molecule is CC1(c2ccc3c(c2)NC(=O)CS3)CCS1. The molecule has 16 heavy (non-hydrogen) atoms. The van der Waals surface area contributed by atoms with Crippen LogP contribution in [0.15, 0.2) is 23.1 Å². The van der Waals surface area contributed by atoms with E-state index in [0.29, 0.717) is 5.75 Å². The lowest BCUT2D eigenvalue weighted by atomic mass is 9.96. The van der Waals surface area contributed by atoms with Gasteiger partial charge in [-0.25, -0.2) is 0 Å². The van der Waals surface area contributed by atoms with E-state index in [2.05, 4.69) is 30.4 Å². The Balaban J connectivity index is 1.98. The predicted octanol–water partition coefficient (Wildman–Crippen LogP) is 3.08. The molecule has 0 radical (unpaired) electrons. The van der Waals surface area contributed by atoms with Crippen LogP contribution in [0.3, 0.4) is 0 Å². The molecule has 4 heteroatoms. The molecule has 0 bridgehead atoms. The fraction of sp³-hybridized carbons (Fsp3) is 0.417. The van der Waals surface area contributed by atoms with Crippen LogP contribution >= 0.6 is 23.5 Å². The number of nitrogens with one attached hydrogen (secondary N) is 1. The summed E-state index contributed by atoms with van der Waals surface area (Å²) in [5.74, 6) is 1.90. The number of carbonyl (C=O) groups excluding carboxylic acids is 1. The maximum absolute atomic E-state index is 11.3. The second kappa shape index (κ2) is 3.70. The van der Waals surface area contributed by atoms with Crippen LogP contribution in [0, 0.1) is 0 Å². The zero-order chi connectivity index (χ0) is 11.2. The number of benzene rings is 1. The van der Waals surface area contributed by atoms with Gasteiger partial charge < -0.3 is 5.32 Å². The molecule has 1 N–H and O–H groups in total. The minimum Gasteiger partial charge on any atom is -0.324 e. The summed E-state index contributed by atoms with van der Waals surface area (Å²) in [6.07, 6.45) is 1.23. The summed E-state index contributed by atoms with van der Waals surface area (Å²) >= 11 is 3.62. The van der Waals surface area contributed by atoms with Gasteiger partial charge in [0.2, 0.25) is 5.91 Å². The molecule has 0 aromatic heterocycles. The lowest BCUT2D eigenvalue weighted by Gasteiger charge is -2.38. The minimum absolute atomic E-state index is 0.112. The summed E-state index contributed by atoms with van der Waals surface area (Å²) in [4.78, 5) is 12.5. The second-order valence-corrected chi connectivity index (χ2v) is 6.99. The van der Waals surface area contributed by atoms with E-state index in [1.165, 1.54) is 22.6 Å². The zero-order valence-electron chi connectivity index (χ0n) is 9.08. The van der Waals surface area contributed by atoms with Crippen molar-refractivity contribution in [2.45, 2.75) is 23.0 Å². The summed E-state index contributed by atoms with van der Waals surface area (Å²) in [5, 5.41) is 2.95. The Hall–Kier alpha value is -0.610. The fourth-order valence-corrected chi connectivity index (χ4v) is 3.95. The Morgan fingerprint density at radius 2 is 2.25 bits per heavy atom. The van der Waals surface area contributed by atoms with Gasteiger partial charge in [-0.15, -0.1) is 11.8 Å². The first-order chi connectivity index (χ1) is 7.67. The Morgan fingerprint density at radius 1 is 1.44 bits per heavy atom. The number of thioether (sulfide) groups is 2. The van der Waals surface area contributed by atoms with Crippen LogP contribution in [0.1, 0.15) is 18.9 Å². The predicted molar refractivity (Wildman–Crippen MR) is 70.2 cm³/mol. The Kier molecular flexibility index (Phi) is 2.44. The van der Waals surface area contributed by atoms with Gasteiger partial charge in [0.1, 0.15) is 0 Å². The Bertz CT molecular complexity index is 454. The first-order valence-corrected chi connectivity index (χ1v) is 7.36. The lowest BCUT2D eigenvalue weighted by Crippen LogP contribution is -2.28. The van der Waals surface area contributed by atoms with Crippen LogP contribution in [0.4, 0.5) is 5.69 Å². The zero-order valence-corrected chi connectivity index (χ0v) is 10.7. The van der Waals surface area contributed by atoms with Gasteiger partial charge in [-0.05, 0) is 36.8 Å². The highest BCUT2D eigenvalue weighted by Crippen LogP contribution is 2.50. The highest BCUT2D eigenvalue weighted by atomic mass is 32.2. The highest BCUT2D eigenvalue weighted by molar-refractivity contribution is 8.01. The number of carbonyl (C=O) groups is 1. The van der Waals surface area contributed by atoms with E-state index in [0.717, 1.165) is 5.69 Å². The average Bonchev–Trinajstić information content (AvgIpc) is 2.25. The molecule has 2 nitrogen and oxygen atoms in total. The van der Waals surface area contributed by atoms with Crippen LogP contribution in [-0.4, -0.2) is 17.4 Å². The van der Waals surface area contributed by atoms with Crippen molar-refractivity contribution in [3.63, 3.8) is 0 Å². The standard InChI is InChI=1S/C12H13NOS2/c1-12(4-5-16-12)8-2-3-10-9(6-8)13-11(14)7-15-10/h2-3,6H,4-5,7H2,1H3,(H,13,14). The van der Waals surface area contributed by atoms with Gasteiger partial charge in [0.05, 0.1) is 11.4 Å². The first-order valence-electron chi connectivity index (χ1n) is 5.38. The van der Waals surface area contributed by atoms with Crippen molar-refractivity contribution in [2.75, 3.05) is 16.8 Å². The van der Waals surface area contributed by atoms with E-state index in [9.17, 15) is 4.79 Å². The molecule has 0 saturated carbocycles. The number of hydrogen-bond acceptors (Lipinski definition) is 3. The molecule has 84 valence electrons. The van der Waals surface area contributed by atoms with E-state index in [1.807, 2.05) is 11.8 Å². The third-order valence-corrected chi connectivity index (χ3v) is 5.78. The maximum atomic E-state index is 11.3. The molecular weight excluding hydrogens is 238 g/mol. The molecule has 2 aliphatic rings. The molecule has 3 rings (SSSR count). The molecule has 0 aliphatic carbocycles. The molecule has 1 aromatic rings. The number of hydrogen-bond donors (Lipinski definition) is 1. The summed E-state index contributed by atoms with van der Waals surface area (Å²) in [6.45, 7) is 2.28. The largest absolute Gasteiger partial charge is 0.324 e. The summed E-state index contributed by atoms with van der Waals surface area (Å²) in [5.41, 5.74) is 2.33. The summed E-state index contributed by atoms with van der Waals surface area (Å²) < 4.78 is 0.266. The normalized spacial score (nSPS) is 27.9. The number of rotatable bonds is 1. The topological polar surface area (TPSA) is 29.1 Å². The quantitative estimate of drug-likeness (QED) is 0.831. The van der Waals surface area contributed by atoms with E-state index in [4.69, 9.17) is 0 Å². The molecule has 2 aliphatic heterocycles. The van der Waals surface area contributed by atoms with Crippen LogP contribution in [0.5, 0.6) is 0 Å². The van der Waals surface area contributed by atoms with Crippen molar-refractivity contribution < 1.29 is 4.79 Å². The number of anilines is 1. The van der Waals surface area contributed by atoms with Crippen molar-refractivity contribution in [2.24, 2.45) is 0 Å². The number of amides is 1. The molecule has 1 amide bonds. The highest BCUT2D eigenvalue weighted by Gasteiger charge is 2.35.